The van der Waals surface area contributed by atoms with Crippen LogP contribution >= 0.6 is 0 Å². The Bertz CT molecular complexity index is 1260. The fourth-order valence-corrected chi connectivity index (χ4v) is 7.55. The average molecular weight is 790 g/mol. The monoisotopic (exact) mass is 789 g/mol. The number of nitrogens with zero attached hydrogens (tertiary/aromatic N) is 2. The van der Waals surface area contributed by atoms with Gasteiger partial charge in [-0.2, -0.15) is 13.8 Å². The van der Waals surface area contributed by atoms with E-state index in [-0.39, 0.29) is 20.4 Å². The molecule has 0 saturated heterocycles. The fraction of sp³-hybridized carbons (Fsp3) is 0.625. The Labute approximate surface area is 331 Å². The smallest absolute Gasteiger partial charge is 0.493 e. The van der Waals surface area contributed by atoms with Crippen LogP contribution < -0.4 is 0 Å². The Morgan fingerprint density at radius 1 is 0.451 bits per heavy atom. The van der Waals surface area contributed by atoms with Gasteiger partial charge in [-0.3, -0.25) is 0 Å². The predicted octanol–water partition coefficient (Wildman–Crippen LogP) is 15.4. The van der Waals surface area contributed by atoms with Crippen molar-refractivity contribution in [3.8, 4) is 0 Å². The number of hydrogen-bond donors (Lipinski definition) is 0. The molecule has 0 N–H and O–H groups in total. The van der Waals surface area contributed by atoms with Crippen LogP contribution in [0.1, 0.15) is 203 Å². The molecule has 3 rings (SSSR count). The van der Waals surface area contributed by atoms with Crippen molar-refractivity contribution in [1.82, 2.24) is 0 Å². The molecule has 0 amide bonds. The van der Waals surface area contributed by atoms with Gasteiger partial charge in [-0.1, -0.05) is 119 Å². The van der Waals surface area contributed by atoms with Gasteiger partial charge in [-0.05, 0) is 122 Å². The summed E-state index contributed by atoms with van der Waals surface area (Å²) in [6.45, 7) is 26.1. The summed E-state index contributed by atoms with van der Waals surface area (Å²) in [5.41, 5.74) is 27.1. The van der Waals surface area contributed by atoms with Crippen molar-refractivity contribution in [3.05, 3.63) is 99.8 Å². The van der Waals surface area contributed by atoms with E-state index in [1.807, 2.05) is 0 Å². The summed E-state index contributed by atoms with van der Waals surface area (Å²) in [7, 11) is 0. The van der Waals surface area contributed by atoms with Crippen LogP contribution in [0.15, 0.2) is 35.9 Å². The second-order valence-electron chi connectivity index (χ2n) is 14.0. The number of aryl methyl sites for hydroxylation is 4. The summed E-state index contributed by atoms with van der Waals surface area (Å²) < 4.78 is 1.59. The summed E-state index contributed by atoms with van der Waals surface area (Å²) >= 11 is 0. The van der Waals surface area contributed by atoms with Gasteiger partial charge in [0.1, 0.15) is 0 Å². The first-order valence-electron chi connectivity index (χ1n) is 21.1. The van der Waals surface area contributed by atoms with Gasteiger partial charge in [-0.15, -0.1) is 0 Å². The van der Waals surface area contributed by atoms with Crippen molar-refractivity contribution < 1.29 is 25.1 Å². The molecule has 0 aliphatic carbocycles. The van der Waals surface area contributed by atoms with E-state index >= 15 is 0 Å². The molecule has 2 aromatic rings. The van der Waals surface area contributed by atoms with Gasteiger partial charge in [0.2, 0.25) is 11.4 Å². The molecular formula is C48H78N2Pd. The fourth-order valence-electron chi connectivity index (χ4n) is 7.55. The van der Waals surface area contributed by atoms with Gasteiger partial charge >= 0.3 is 20.4 Å². The van der Waals surface area contributed by atoms with Crippen molar-refractivity contribution in [2.45, 2.75) is 197 Å². The molecule has 0 atom stereocenters. The number of hydrogen-bond acceptors (Lipinski definition) is 0. The quantitative estimate of drug-likeness (QED) is 0.0464. The Balaban J connectivity index is 0.00000482. The SMILES string of the molecule is CCCCCCCCC1=C(c2cc(CCC)c(CCCC)c(CCC)c2)[N+](=[N-])C(c2cc(CCC)c(CCCC)c(CCC)c2)=C1.[CH2-]C.[CH2-]C.[Pd+2]. The molecule has 51 heavy (non-hydrogen) atoms. The van der Waals surface area contributed by atoms with E-state index in [1.54, 1.807) is 29.7 Å². The molecule has 0 fully saturated rings. The Morgan fingerprint density at radius 3 is 1.22 bits per heavy atom. The minimum Gasteiger partial charge on any atom is -0.493 e. The molecule has 290 valence electrons. The zero-order chi connectivity index (χ0) is 37.3. The second kappa shape index (κ2) is 29.6. The first kappa shape index (κ1) is 49.2. The molecular weight excluding hydrogens is 711 g/mol. The Morgan fingerprint density at radius 2 is 0.824 bits per heavy atom. The third-order valence-corrected chi connectivity index (χ3v) is 9.93. The molecule has 0 spiro atoms. The normalized spacial score (nSPS) is 12.2. The maximum absolute atomic E-state index is 12.2. The van der Waals surface area contributed by atoms with Gasteiger partial charge in [0.25, 0.3) is 0 Å². The molecule has 1 heterocycles. The number of allylic oxidation sites excluding steroid dienone is 2. The van der Waals surface area contributed by atoms with Crippen LogP contribution in [0.2, 0.25) is 0 Å². The van der Waals surface area contributed by atoms with Crippen LogP contribution in [0.3, 0.4) is 0 Å². The zero-order valence-corrected chi connectivity index (χ0v) is 36.4. The van der Waals surface area contributed by atoms with Gasteiger partial charge < -0.3 is 19.4 Å². The van der Waals surface area contributed by atoms with E-state index in [1.165, 1.54) is 116 Å². The molecule has 2 nitrogen and oxygen atoms in total. The molecule has 3 heteroatoms. The average Bonchev–Trinajstić information content (AvgIpc) is 3.46. The number of rotatable bonds is 23. The first-order chi connectivity index (χ1) is 24.5. The third-order valence-electron chi connectivity index (χ3n) is 9.93. The van der Waals surface area contributed by atoms with Crippen molar-refractivity contribution >= 4 is 11.4 Å². The van der Waals surface area contributed by atoms with Gasteiger partial charge in [0, 0.05) is 22.8 Å². The zero-order valence-electron chi connectivity index (χ0n) is 34.9. The van der Waals surface area contributed by atoms with Crippen molar-refractivity contribution in [2.24, 2.45) is 0 Å². The van der Waals surface area contributed by atoms with Crippen molar-refractivity contribution in [3.63, 3.8) is 0 Å². The van der Waals surface area contributed by atoms with Crippen LogP contribution in [-0.2, 0) is 58.9 Å². The summed E-state index contributed by atoms with van der Waals surface area (Å²) in [5.74, 6) is 0. The number of benzene rings is 2. The summed E-state index contributed by atoms with van der Waals surface area (Å²) in [5, 5.41) is 0. The Hall–Kier alpha value is -1.82. The van der Waals surface area contributed by atoms with Crippen LogP contribution in [0.25, 0.3) is 16.9 Å². The molecule has 1 aliphatic rings. The van der Waals surface area contributed by atoms with Crippen LogP contribution in [0, 0.1) is 13.8 Å². The maximum Gasteiger partial charge on any atom is 2.00 e. The van der Waals surface area contributed by atoms with Crippen molar-refractivity contribution in [1.29, 1.82) is 0 Å². The van der Waals surface area contributed by atoms with Gasteiger partial charge in [0.05, 0.1) is 0 Å². The van der Waals surface area contributed by atoms with E-state index in [0.29, 0.717) is 0 Å². The molecule has 0 radical (unpaired) electrons. The Kier molecular flexibility index (Phi) is 28.6. The van der Waals surface area contributed by atoms with Crippen LogP contribution in [0.5, 0.6) is 0 Å². The largest absolute Gasteiger partial charge is 2.00 e. The molecule has 1 aliphatic heterocycles. The van der Waals surface area contributed by atoms with E-state index in [0.717, 1.165) is 69.2 Å². The molecule has 0 aromatic heterocycles. The minimum absolute atomic E-state index is 0. The summed E-state index contributed by atoms with van der Waals surface area (Å²) in [6, 6.07) is 9.74. The summed E-state index contributed by atoms with van der Waals surface area (Å²) in [6.07, 6.45) is 27.3. The third kappa shape index (κ3) is 15.2. The van der Waals surface area contributed by atoms with E-state index in [9.17, 15) is 5.53 Å². The molecule has 0 saturated carbocycles. The first-order valence-corrected chi connectivity index (χ1v) is 21.1. The predicted molar refractivity (Wildman–Crippen MR) is 225 cm³/mol. The van der Waals surface area contributed by atoms with Crippen LogP contribution in [0.4, 0.5) is 0 Å². The maximum atomic E-state index is 12.2. The minimum atomic E-state index is 0. The topological polar surface area (TPSA) is 25.3 Å². The van der Waals surface area contributed by atoms with Crippen molar-refractivity contribution in [2.75, 3.05) is 0 Å². The molecule has 0 bridgehead atoms. The standard InChI is InChI=1S/C44H68N2.2C2H5.Pd/c1-8-15-18-19-20-21-26-38-33-43(39-29-34(22-11-4)41(27-16-9-2)35(30-39)23-12-5)46(45)44(38)40-31-36(24-13-6)42(28-17-10-3)37(32-40)25-14-7;2*1-2;/h29-33H,8-28H2,1-7H3;2*1H2,2H3;/q;2*-1;+2. The van der Waals surface area contributed by atoms with Gasteiger partial charge in [0.15, 0.2) is 0 Å². The van der Waals surface area contributed by atoms with E-state index in [4.69, 9.17) is 0 Å². The molecule has 0 unspecified atom stereocenters. The van der Waals surface area contributed by atoms with E-state index < -0.39 is 0 Å². The second-order valence-corrected chi connectivity index (χ2v) is 14.0. The number of unbranched alkanes of at least 4 members (excludes halogenated alkanes) is 7. The summed E-state index contributed by atoms with van der Waals surface area (Å²) in [4.78, 5) is 0. The molecule has 2 aromatic carbocycles. The van der Waals surface area contributed by atoms with Crippen LogP contribution in [-0.4, -0.2) is 4.70 Å². The van der Waals surface area contributed by atoms with E-state index in [2.05, 4.69) is 92.7 Å². The van der Waals surface area contributed by atoms with Gasteiger partial charge in [-0.25, -0.2) is 4.70 Å².